The summed E-state index contributed by atoms with van der Waals surface area (Å²) in [5, 5.41) is 9.94. The molecule has 1 aliphatic carbocycles. The van der Waals surface area contributed by atoms with Gasteiger partial charge >= 0.3 is 0 Å². The number of hydrogen-bond donors (Lipinski definition) is 1. The molecule has 0 radical (unpaired) electrons. The van der Waals surface area contributed by atoms with Crippen LogP contribution in [0.1, 0.15) is 50.3 Å². The van der Waals surface area contributed by atoms with E-state index < -0.39 is 0 Å². The van der Waals surface area contributed by atoms with Crippen LogP contribution in [-0.2, 0) is 13.1 Å². The number of hydrogen-bond acceptors (Lipinski definition) is 2. The average Bonchev–Trinajstić information content (AvgIpc) is 3.03. The first-order valence-electron chi connectivity index (χ1n) is 9.79. The third-order valence-electron chi connectivity index (χ3n) is 5.27. The first-order chi connectivity index (χ1) is 12.2. The van der Waals surface area contributed by atoms with E-state index in [1.165, 1.54) is 43.4 Å². The van der Waals surface area contributed by atoms with Gasteiger partial charge in [-0.2, -0.15) is 0 Å². The maximum absolute atomic E-state index is 9.94. The molecule has 0 aliphatic heterocycles. The van der Waals surface area contributed by atoms with E-state index in [0.29, 0.717) is 0 Å². The first-order valence-corrected chi connectivity index (χ1v) is 9.79. The molecule has 1 heterocycles. The van der Waals surface area contributed by atoms with Gasteiger partial charge < -0.3 is 9.67 Å². The van der Waals surface area contributed by atoms with E-state index in [1.807, 2.05) is 6.92 Å². The molecule has 1 fully saturated rings. The molecular weight excluding hydrogens is 308 g/mol. The van der Waals surface area contributed by atoms with Crippen molar-refractivity contribution in [3.63, 3.8) is 0 Å². The van der Waals surface area contributed by atoms with E-state index in [-0.39, 0.29) is 6.10 Å². The molecule has 1 aliphatic rings. The van der Waals surface area contributed by atoms with Gasteiger partial charge in [-0.25, -0.2) is 0 Å². The van der Waals surface area contributed by atoms with Crippen molar-refractivity contribution in [3.8, 4) is 0 Å². The third kappa shape index (κ3) is 5.72. The Morgan fingerprint density at radius 3 is 2.56 bits per heavy atom. The average molecular weight is 341 g/mol. The van der Waals surface area contributed by atoms with Gasteiger partial charge in [-0.05, 0) is 43.4 Å². The zero-order chi connectivity index (χ0) is 17.5. The minimum atomic E-state index is -0.277. The highest BCUT2D eigenvalue weighted by atomic mass is 16.3. The van der Waals surface area contributed by atoms with Crippen molar-refractivity contribution in [1.29, 1.82) is 0 Å². The molecule has 25 heavy (non-hydrogen) atoms. The van der Waals surface area contributed by atoms with Gasteiger partial charge in [-0.15, -0.1) is 0 Å². The maximum Gasteiger partial charge on any atom is 0.0639 e. The van der Waals surface area contributed by atoms with Gasteiger partial charge in [0.15, 0.2) is 0 Å². The minimum absolute atomic E-state index is 0.277. The van der Waals surface area contributed by atoms with Gasteiger partial charge in [-0.3, -0.25) is 4.90 Å². The SMILES string of the molecule is CC(O)CN(Cc1cccn1Cc1ccccc1)CC1CCCCC1. The topological polar surface area (TPSA) is 28.4 Å². The number of nitrogens with zero attached hydrogens (tertiary/aromatic N) is 2. The summed E-state index contributed by atoms with van der Waals surface area (Å²) in [5.41, 5.74) is 2.66. The van der Waals surface area contributed by atoms with Crippen LogP contribution in [0.25, 0.3) is 0 Å². The fourth-order valence-electron chi connectivity index (χ4n) is 4.07. The van der Waals surface area contributed by atoms with E-state index in [0.717, 1.165) is 32.1 Å². The van der Waals surface area contributed by atoms with Crippen molar-refractivity contribution < 1.29 is 5.11 Å². The highest BCUT2D eigenvalue weighted by Gasteiger charge is 2.19. The largest absolute Gasteiger partial charge is 0.392 e. The lowest BCUT2D eigenvalue weighted by Gasteiger charge is -2.30. The highest BCUT2D eigenvalue weighted by molar-refractivity contribution is 5.17. The molecule has 1 unspecified atom stereocenters. The van der Waals surface area contributed by atoms with Crippen LogP contribution in [0.3, 0.4) is 0 Å². The molecule has 1 aromatic carbocycles. The maximum atomic E-state index is 9.94. The Morgan fingerprint density at radius 1 is 1.08 bits per heavy atom. The van der Waals surface area contributed by atoms with E-state index in [1.54, 1.807) is 0 Å². The molecule has 1 atom stereocenters. The fraction of sp³-hybridized carbons (Fsp3) is 0.545. The summed E-state index contributed by atoms with van der Waals surface area (Å²) < 4.78 is 2.34. The summed E-state index contributed by atoms with van der Waals surface area (Å²) in [6.45, 7) is 5.60. The van der Waals surface area contributed by atoms with E-state index in [9.17, 15) is 5.11 Å². The number of rotatable bonds is 8. The Kier molecular flexibility index (Phi) is 6.71. The molecule has 1 aromatic heterocycles. The lowest BCUT2D eigenvalue weighted by molar-refractivity contribution is 0.103. The summed E-state index contributed by atoms with van der Waals surface area (Å²) >= 11 is 0. The van der Waals surface area contributed by atoms with Crippen LogP contribution < -0.4 is 0 Å². The molecule has 3 heteroatoms. The second-order valence-corrected chi connectivity index (χ2v) is 7.66. The van der Waals surface area contributed by atoms with Crippen LogP contribution in [0, 0.1) is 5.92 Å². The molecular formula is C22H32N2O. The predicted molar refractivity (Wildman–Crippen MR) is 104 cm³/mol. The quantitative estimate of drug-likeness (QED) is 0.776. The van der Waals surface area contributed by atoms with Crippen LogP contribution in [0.5, 0.6) is 0 Å². The predicted octanol–water partition coefficient (Wildman–Crippen LogP) is 4.30. The summed E-state index contributed by atoms with van der Waals surface area (Å²) in [5.74, 6) is 0.796. The van der Waals surface area contributed by atoms with E-state index >= 15 is 0 Å². The zero-order valence-electron chi connectivity index (χ0n) is 15.5. The summed E-state index contributed by atoms with van der Waals surface area (Å²) in [7, 11) is 0. The molecule has 0 bridgehead atoms. The monoisotopic (exact) mass is 340 g/mol. The molecule has 0 amide bonds. The van der Waals surface area contributed by atoms with Gasteiger partial charge in [0.1, 0.15) is 0 Å². The lowest BCUT2D eigenvalue weighted by Crippen LogP contribution is -2.36. The highest BCUT2D eigenvalue weighted by Crippen LogP contribution is 2.25. The Labute approximate surface area is 152 Å². The van der Waals surface area contributed by atoms with Crippen molar-refractivity contribution in [2.75, 3.05) is 13.1 Å². The van der Waals surface area contributed by atoms with E-state index in [4.69, 9.17) is 0 Å². The molecule has 0 saturated heterocycles. The molecule has 3 nitrogen and oxygen atoms in total. The Balaban J connectivity index is 1.65. The number of benzene rings is 1. The van der Waals surface area contributed by atoms with Crippen LogP contribution >= 0.6 is 0 Å². The van der Waals surface area contributed by atoms with Gasteiger partial charge in [0.2, 0.25) is 0 Å². The molecule has 3 rings (SSSR count). The van der Waals surface area contributed by atoms with E-state index in [2.05, 4.69) is 58.1 Å². The van der Waals surface area contributed by atoms with Crippen molar-refractivity contribution in [1.82, 2.24) is 9.47 Å². The normalized spacial score (nSPS) is 17.1. The Bertz CT molecular complexity index is 614. The van der Waals surface area contributed by atoms with Gasteiger partial charge in [0.25, 0.3) is 0 Å². The number of aliphatic hydroxyl groups is 1. The summed E-state index contributed by atoms with van der Waals surface area (Å²) in [6.07, 6.45) is 8.73. The smallest absolute Gasteiger partial charge is 0.0639 e. The summed E-state index contributed by atoms with van der Waals surface area (Å²) in [6, 6.07) is 15.0. The zero-order valence-corrected chi connectivity index (χ0v) is 15.5. The molecule has 1 saturated carbocycles. The minimum Gasteiger partial charge on any atom is -0.392 e. The molecule has 1 N–H and O–H groups in total. The Morgan fingerprint density at radius 2 is 1.84 bits per heavy atom. The lowest BCUT2D eigenvalue weighted by atomic mass is 9.89. The van der Waals surface area contributed by atoms with Crippen molar-refractivity contribution >= 4 is 0 Å². The second-order valence-electron chi connectivity index (χ2n) is 7.66. The van der Waals surface area contributed by atoms with Crippen molar-refractivity contribution in [2.24, 2.45) is 5.92 Å². The first kappa shape index (κ1) is 18.2. The van der Waals surface area contributed by atoms with Crippen LogP contribution in [-0.4, -0.2) is 33.8 Å². The second kappa shape index (κ2) is 9.21. The van der Waals surface area contributed by atoms with Crippen LogP contribution in [0.15, 0.2) is 48.7 Å². The van der Waals surface area contributed by atoms with Gasteiger partial charge in [0, 0.05) is 38.1 Å². The van der Waals surface area contributed by atoms with Gasteiger partial charge in [0.05, 0.1) is 6.10 Å². The van der Waals surface area contributed by atoms with Crippen molar-refractivity contribution in [3.05, 3.63) is 59.9 Å². The Hall–Kier alpha value is -1.58. The van der Waals surface area contributed by atoms with Gasteiger partial charge in [-0.1, -0.05) is 49.6 Å². The number of aliphatic hydroxyl groups excluding tert-OH is 1. The van der Waals surface area contributed by atoms with Crippen LogP contribution in [0.2, 0.25) is 0 Å². The molecule has 0 spiro atoms. The third-order valence-corrected chi connectivity index (χ3v) is 5.27. The summed E-state index contributed by atoms with van der Waals surface area (Å²) in [4.78, 5) is 2.46. The van der Waals surface area contributed by atoms with Crippen LogP contribution in [0.4, 0.5) is 0 Å². The number of aromatic nitrogens is 1. The fourth-order valence-corrected chi connectivity index (χ4v) is 4.07. The molecule has 136 valence electrons. The molecule has 2 aromatic rings. The standard InChI is InChI=1S/C22H32N2O/c1-19(25)15-23(16-20-9-4-2-5-10-20)18-22-13-8-14-24(22)17-21-11-6-3-7-12-21/h3,6-8,11-14,19-20,25H,2,4-5,9-10,15-18H2,1H3. The van der Waals surface area contributed by atoms with Crippen molar-refractivity contribution in [2.45, 2.75) is 58.2 Å².